The molecule has 1 fully saturated rings. The average Bonchev–Trinajstić information content (AvgIpc) is 2.42. The van der Waals surface area contributed by atoms with Crippen molar-refractivity contribution in [3.63, 3.8) is 0 Å². The highest BCUT2D eigenvalue weighted by atomic mass is 19.3. The van der Waals surface area contributed by atoms with Crippen LogP contribution in [0.3, 0.4) is 0 Å². The maximum absolute atomic E-state index is 12.7. The first-order chi connectivity index (χ1) is 6.37. The van der Waals surface area contributed by atoms with Gasteiger partial charge < -0.3 is 10.4 Å². The lowest BCUT2D eigenvalue weighted by atomic mass is 9.87. The molecule has 14 heavy (non-hydrogen) atoms. The molecule has 0 aromatic carbocycles. The summed E-state index contributed by atoms with van der Waals surface area (Å²) in [6.45, 7) is 2.69. The van der Waals surface area contributed by atoms with Gasteiger partial charge in [-0.3, -0.25) is 0 Å². The van der Waals surface area contributed by atoms with Crippen molar-refractivity contribution < 1.29 is 13.9 Å². The molecule has 1 atom stereocenters. The third-order valence-electron chi connectivity index (χ3n) is 3.10. The van der Waals surface area contributed by atoms with Crippen LogP contribution in [0.4, 0.5) is 8.78 Å². The van der Waals surface area contributed by atoms with E-state index in [1.807, 2.05) is 0 Å². The Morgan fingerprint density at radius 3 is 2.57 bits per heavy atom. The molecule has 0 bridgehead atoms. The van der Waals surface area contributed by atoms with Gasteiger partial charge in [-0.15, -0.1) is 0 Å². The molecule has 1 aliphatic rings. The van der Waals surface area contributed by atoms with E-state index < -0.39 is 19.1 Å². The summed E-state index contributed by atoms with van der Waals surface area (Å²) in [5.41, 5.74) is 0.103. The fourth-order valence-electron chi connectivity index (χ4n) is 2.03. The van der Waals surface area contributed by atoms with Crippen molar-refractivity contribution >= 4 is 0 Å². The summed E-state index contributed by atoms with van der Waals surface area (Å²) in [6, 6.07) is 0.153. The smallest absolute Gasteiger partial charge is 0.282 e. The number of nitrogens with one attached hydrogen (secondary N) is 1. The van der Waals surface area contributed by atoms with E-state index in [9.17, 15) is 8.78 Å². The van der Waals surface area contributed by atoms with Gasteiger partial charge in [-0.05, 0) is 18.3 Å². The zero-order chi connectivity index (χ0) is 10.8. The number of aliphatic hydroxyl groups excluding tert-OH is 1. The molecular formula is C10H19F2NO. The largest absolute Gasteiger partial charge is 0.390 e. The summed E-state index contributed by atoms with van der Waals surface area (Å²) in [4.78, 5) is 0. The van der Waals surface area contributed by atoms with Crippen LogP contribution in [0.1, 0.15) is 33.1 Å². The zero-order valence-corrected chi connectivity index (χ0v) is 8.82. The summed E-state index contributed by atoms with van der Waals surface area (Å²) < 4.78 is 25.5. The number of alkyl halides is 2. The number of halogens is 2. The Kier molecular flexibility index (Phi) is 3.48. The maximum atomic E-state index is 12.7. The van der Waals surface area contributed by atoms with Crippen LogP contribution in [0.25, 0.3) is 0 Å². The lowest BCUT2D eigenvalue weighted by molar-refractivity contribution is -0.0510. The van der Waals surface area contributed by atoms with Crippen molar-refractivity contribution in [2.75, 3.05) is 13.2 Å². The average molecular weight is 207 g/mol. The molecule has 0 radical (unpaired) electrons. The molecule has 0 saturated heterocycles. The molecule has 1 unspecified atom stereocenters. The Bertz CT molecular complexity index is 195. The Hall–Kier alpha value is -0.220. The standard InChI is InChI=1S/C10H19F2NO/c1-9(2)5-3-4-8(9)13-6-10(11,12)7-14/h8,13-14H,3-7H2,1-2H3. The fraction of sp³-hybridized carbons (Fsp3) is 1.00. The summed E-state index contributed by atoms with van der Waals surface area (Å²) in [5.74, 6) is -2.99. The van der Waals surface area contributed by atoms with Crippen LogP contribution in [-0.4, -0.2) is 30.2 Å². The molecule has 1 rings (SSSR count). The number of aliphatic hydroxyl groups is 1. The highest BCUT2D eigenvalue weighted by Crippen LogP contribution is 2.37. The van der Waals surface area contributed by atoms with Crippen molar-refractivity contribution in [2.45, 2.75) is 45.1 Å². The van der Waals surface area contributed by atoms with Crippen LogP contribution < -0.4 is 5.32 Å². The third-order valence-corrected chi connectivity index (χ3v) is 3.10. The highest BCUT2D eigenvalue weighted by molar-refractivity contribution is 4.91. The van der Waals surface area contributed by atoms with Gasteiger partial charge in [0.1, 0.15) is 6.61 Å². The van der Waals surface area contributed by atoms with Crippen LogP contribution >= 0.6 is 0 Å². The van der Waals surface area contributed by atoms with E-state index in [1.165, 1.54) is 0 Å². The van der Waals surface area contributed by atoms with Crippen molar-refractivity contribution in [2.24, 2.45) is 5.41 Å². The summed E-state index contributed by atoms with van der Waals surface area (Å²) >= 11 is 0. The van der Waals surface area contributed by atoms with Gasteiger partial charge in [0.25, 0.3) is 5.92 Å². The van der Waals surface area contributed by atoms with Crippen LogP contribution in [0.2, 0.25) is 0 Å². The van der Waals surface area contributed by atoms with Gasteiger partial charge in [0, 0.05) is 6.04 Å². The third kappa shape index (κ3) is 2.89. The highest BCUT2D eigenvalue weighted by Gasteiger charge is 2.36. The van der Waals surface area contributed by atoms with Gasteiger partial charge in [0.15, 0.2) is 0 Å². The minimum absolute atomic E-state index is 0.103. The minimum Gasteiger partial charge on any atom is -0.390 e. The van der Waals surface area contributed by atoms with Crippen molar-refractivity contribution in [1.82, 2.24) is 5.32 Å². The second kappa shape index (κ2) is 4.11. The molecule has 0 spiro atoms. The normalized spacial score (nSPS) is 26.8. The molecular weight excluding hydrogens is 188 g/mol. The lowest BCUT2D eigenvalue weighted by Gasteiger charge is -2.29. The van der Waals surface area contributed by atoms with E-state index in [0.29, 0.717) is 0 Å². The first kappa shape index (κ1) is 11.9. The first-order valence-corrected chi connectivity index (χ1v) is 5.09. The molecule has 0 amide bonds. The molecule has 0 aliphatic heterocycles. The molecule has 0 heterocycles. The van der Waals surface area contributed by atoms with Crippen LogP contribution in [0, 0.1) is 5.41 Å². The number of hydrogen-bond acceptors (Lipinski definition) is 2. The fourth-order valence-corrected chi connectivity index (χ4v) is 2.03. The van der Waals surface area contributed by atoms with E-state index in [0.717, 1.165) is 19.3 Å². The predicted molar refractivity (Wildman–Crippen MR) is 51.5 cm³/mol. The van der Waals surface area contributed by atoms with Crippen molar-refractivity contribution in [1.29, 1.82) is 0 Å². The van der Waals surface area contributed by atoms with E-state index in [-0.39, 0.29) is 11.5 Å². The monoisotopic (exact) mass is 207 g/mol. The van der Waals surface area contributed by atoms with Crippen molar-refractivity contribution in [3.05, 3.63) is 0 Å². The van der Waals surface area contributed by atoms with Crippen LogP contribution in [0.5, 0.6) is 0 Å². The van der Waals surface area contributed by atoms with Gasteiger partial charge in [-0.25, -0.2) is 8.78 Å². The van der Waals surface area contributed by atoms with E-state index in [1.54, 1.807) is 0 Å². The van der Waals surface area contributed by atoms with Crippen molar-refractivity contribution in [3.8, 4) is 0 Å². The molecule has 2 nitrogen and oxygen atoms in total. The molecule has 1 saturated carbocycles. The molecule has 0 aromatic rings. The minimum atomic E-state index is -2.99. The SMILES string of the molecule is CC1(C)CCCC1NCC(F)(F)CO. The number of hydrogen-bond donors (Lipinski definition) is 2. The van der Waals surface area contributed by atoms with Crippen LogP contribution in [-0.2, 0) is 0 Å². The van der Waals surface area contributed by atoms with E-state index in [4.69, 9.17) is 5.11 Å². The topological polar surface area (TPSA) is 32.3 Å². The van der Waals surface area contributed by atoms with E-state index >= 15 is 0 Å². The molecule has 2 N–H and O–H groups in total. The molecule has 1 aliphatic carbocycles. The van der Waals surface area contributed by atoms with E-state index in [2.05, 4.69) is 19.2 Å². The predicted octanol–water partition coefficient (Wildman–Crippen LogP) is 1.78. The number of rotatable bonds is 4. The second-order valence-electron chi connectivity index (χ2n) is 4.83. The molecule has 84 valence electrons. The summed E-state index contributed by atoms with van der Waals surface area (Å²) in [6.07, 6.45) is 3.12. The van der Waals surface area contributed by atoms with Gasteiger partial charge in [0.2, 0.25) is 0 Å². The zero-order valence-electron chi connectivity index (χ0n) is 8.82. The Morgan fingerprint density at radius 2 is 2.14 bits per heavy atom. The van der Waals surface area contributed by atoms with Gasteiger partial charge in [0.05, 0.1) is 6.54 Å². The molecule has 0 aromatic heterocycles. The van der Waals surface area contributed by atoms with Crippen LogP contribution in [0.15, 0.2) is 0 Å². The maximum Gasteiger partial charge on any atom is 0.282 e. The summed E-state index contributed by atoms with van der Waals surface area (Å²) in [7, 11) is 0. The quantitative estimate of drug-likeness (QED) is 0.736. The summed E-state index contributed by atoms with van der Waals surface area (Å²) in [5, 5.41) is 11.3. The Labute approximate surface area is 83.7 Å². The first-order valence-electron chi connectivity index (χ1n) is 5.09. The van der Waals surface area contributed by atoms with Gasteiger partial charge >= 0.3 is 0 Å². The molecule has 4 heteroatoms. The van der Waals surface area contributed by atoms with Gasteiger partial charge in [-0.1, -0.05) is 20.3 Å². The van der Waals surface area contributed by atoms with Gasteiger partial charge in [-0.2, -0.15) is 0 Å². The second-order valence-corrected chi connectivity index (χ2v) is 4.83. The Balaban J connectivity index is 2.38. The Morgan fingerprint density at radius 1 is 1.50 bits per heavy atom. The lowest BCUT2D eigenvalue weighted by Crippen LogP contribution is -2.45.